The molecule has 2 heteroatoms. The highest BCUT2D eigenvalue weighted by atomic mass is 16.3. The Labute approximate surface area is 101 Å². The van der Waals surface area contributed by atoms with Crippen molar-refractivity contribution in [1.82, 2.24) is 5.32 Å². The first kappa shape index (κ1) is 14.0. The highest BCUT2D eigenvalue weighted by Crippen LogP contribution is 2.30. The van der Waals surface area contributed by atoms with E-state index in [4.69, 9.17) is 5.11 Å². The van der Waals surface area contributed by atoms with Crippen molar-refractivity contribution in [2.75, 3.05) is 13.2 Å². The Hall–Kier alpha value is -0.0800. The fourth-order valence-corrected chi connectivity index (χ4v) is 2.85. The van der Waals surface area contributed by atoms with Crippen LogP contribution in [-0.4, -0.2) is 24.3 Å². The van der Waals surface area contributed by atoms with E-state index in [1.54, 1.807) is 0 Å². The van der Waals surface area contributed by atoms with E-state index in [9.17, 15) is 0 Å². The summed E-state index contributed by atoms with van der Waals surface area (Å²) in [6.45, 7) is 3.59. The summed E-state index contributed by atoms with van der Waals surface area (Å²) in [7, 11) is 0. The lowest BCUT2D eigenvalue weighted by atomic mass is 9.96. The molecule has 16 heavy (non-hydrogen) atoms. The molecule has 96 valence electrons. The molecule has 0 heterocycles. The molecule has 0 aliphatic heterocycles. The van der Waals surface area contributed by atoms with Gasteiger partial charge in [0, 0.05) is 12.6 Å². The van der Waals surface area contributed by atoms with Crippen LogP contribution in [0.5, 0.6) is 0 Å². The molecule has 2 N–H and O–H groups in total. The number of unbranched alkanes of at least 4 members (excludes halogenated alkanes) is 3. The molecule has 1 fully saturated rings. The maximum Gasteiger partial charge on any atom is 0.0443 e. The lowest BCUT2D eigenvalue weighted by Gasteiger charge is -2.20. The molecule has 0 amide bonds. The van der Waals surface area contributed by atoms with Gasteiger partial charge < -0.3 is 10.4 Å². The van der Waals surface area contributed by atoms with Gasteiger partial charge in [-0.05, 0) is 38.1 Å². The third kappa shape index (κ3) is 5.31. The van der Waals surface area contributed by atoms with Gasteiger partial charge in [0.1, 0.15) is 0 Å². The summed E-state index contributed by atoms with van der Waals surface area (Å²) < 4.78 is 0. The third-order valence-electron chi connectivity index (χ3n) is 3.83. The molecule has 1 aliphatic carbocycles. The number of aliphatic hydroxyl groups is 1. The van der Waals surface area contributed by atoms with Crippen molar-refractivity contribution in [2.24, 2.45) is 5.92 Å². The van der Waals surface area contributed by atoms with Crippen LogP contribution in [-0.2, 0) is 0 Å². The van der Waals surface area contributed by atoms with Crippen molar-refractivity contribution in [3.8, 4) is 0 Å². The van der Waals surface area contributed by atoms with Crippen LogP contribution in [0.1, 0.15) is 64.7 Å². The standard InChI is InChI=1S/C14H29NO/c1-2-3-4-5-8-13-9-6-10-14(13)15-11-7-12-16/h13-16H,2-12H2,1H3. The van der Waals surface area contributed by atoms with Gasteiger partial charge in [-0.3, -0.25) is 0 Å². The Bertz CT molecular complexity index is 161. The summed E-state index contributed by atoms with van der Waals surface area (Å²) in [6, 6.07) is 0.744. The molecular formula is C14H29NO. The summed E-state index contributed by atoms with van der Waals surface area (Å²) in [4.78, 5) is 0. The molecule has 2 atom stereocenters. The number of nitrogens with one attached hydrogen (secondary N) is 1. The molecule has 0 aromatic rings. The summed E-state index contributed by atoms with van der Waals surface area (Å²) in [6.07, 6.45) is 12.0. The van der Waals surface area contributed by atoms with Gasteiger partial charge in [-0.2, -0.15) is 0 Å². The Morgan fingerprint density at radius 3 is 2.75 bits per heavy atom. The highest BCUT2D eigenvalue weighted by Gasteiger charge is 2.25. The van der Waals surface area contributed by atoms with E-state index in [-0.39, 0.29) is 0 Å². The zero-order chi connectivity index (χ0) is 11.6. The van der Waals surface area contributed by atoms with Gasteiger partial charge in [0.2, 0.25) is 0 Å². The minimum absolute atomic E-state index is 0.320. The van der Waals surface area contributed by atoms with Crippen molar-refractivity contribution < 1.29 is 5.11 Å². The van der Waals surface area contributed by atoms with Crippen LogP contribution < -0.4 is 5.32 Å². The maximum atomic E-state index is 8.77. The summed E-state index contributed by atoms with van der Waals surface area (Å²) in [5, 5.41) is 12.4. The predicted octanol–water partition coefficient (Wildman–Crippen LogP) is 3.10. The first-order valence-corrected chi connectivity index (χ1v) is 7.22. The second kappa shape index (κ2) is 9.00. The van der Waals surface area contributed by atoms with Crippen LogP contribution in [0.2, 0.25) is 0 Å². The third-order valence-corrected chi connectivity index (χ3v) is 3.83. The normalized spacial score (nSPS) is 25.1. The van der Waals surface area contributed by atoms with E-state index in [0.29, 0.717) is 6.61 Å². The van der Waals surface area contributed by atoms with Gasteiger partial charge in [-0.25, -0.2) is 0 Å². The van der Waals surface area contributed by atoms with Gasteiger partial charge >= 0.3 is 0 Å². The molecule has 0 spiro atoms. The van der Waals surface area contributed by atoms with Gasteiger partial charge in [0.05, 0.1) is 0 Å². The van der Waals surface area contributed by atoms with E-state index in [0.717, 1.165) is 24.9 Å². The van der Waals surface area contributed by atoms with Gasteiger partial charge in [0.15, 0.2) is 0 Å². The summed E-state index contributed by atoms with van der Waals surface area (Å²) >= 11 is 0. The van der Waals surface area contributed by atoms with Crippen LogP contribution in [0.15, 0.2) is 0 Å². The second-order valence-electron chi connectivity index (χ2n) is 5.18. The number of hydrogen-bond acceptors (Lipinski definition) is 2. The van der Waals surface area contributed by atoms with Crippen molar-refractivity contribution in [3.63, 3.8) is 0 Å². The fourth-order valence-electron chi connectivity index (χ4n) is 2.85. The lowest BCUT2D eigenvalue weighted by Crippen LogP contribution is -2.33. The van der Waals surface area contributed by atoms with E-state index in [1.807, 2.05) is 0 Å². The number of aliphatic hydroxyl groups excluding tert-OH is 1. The molecule has 1 saturated carbocycles. The number of hydrogen-bond donors (Lipinski definition) is 2. The zero-order valence-electron chi connectivity index (χ0n) is 10.9. The first-order chi connectivity index (χ1) is 7.88. The minimum atomic E-state index is 0.320. The maximum absolute atomic E-state index is 8.77. The molecule has 0 aromatic heterocycles. The SMILES string of the molecule is CCCCCCC1CCCC1NCCCO. The topological polar surface area (TPSA) is 32.3 Å². The Morgan fingerprint density at radius 1 is 1.12 bits per heavy atom. The largest absolute Gasteiger partial charge is 0.396 e. The molecule has 0 radical (unpaired) electrons. The summed E-state index contributed by atoms with van der Waals surface area (Å²) in [5.74, 6) is 0.913. The van der Waals surface area contributed by atoms with E-state index < -0.39 is 0 Å². The van der Waals surface area contributed by atoms with Crippen molar-refractivity contribution in [1.29, 1.82) is 0 Å². The van der Waals surface area contributed by atoms with Crippen molar-refractivity contribution >= 4 is 0 Å². The average molecular weight is 227 g/mol. The van der Waals surface area contributed by atoms with E-state index >= 15 is 0 Å². The number of rotatable bonds is 9. The molecule has 2 nitrogen and oxygen atoms in total. The average Bonchev–Trinajstić information content (AvgIpc) is 2.73. The monoisotopic (exact) mass is 227 g/mol. The predicted molar refractivity (Wildman–Crippen MR) is 69.6 cm³/mol. The van der Waals surface area contributed by atoms with Crippen molar-refractivity contribution in [2.45, 2.75) is 70.8 Å². The Morgan fingerprint density at radius 2 is 2.00 bits per heavy atom. The van der Waals surface area contributed by atoms with Crippen LogP contribution in [0, 0.1) is 5.92 Å². The fraction of sp³-hybridized carbons (Fsp3) is 1.00. The summed E-state index contributed by atoms with van der Waals surface area (Å²) in [5.41, 5.74) is 0. The second-order valence-corrected chi connectivity index (χ2v) is 5.18. The molecule has 2 unspecified atom stereocenters. The van der Waals surface area contributed by atoms with Crippen LogP contribution in [0.4, 0.5) is 0 Å². The van der Waals surface area contributed by atoms with Crippen molar-refractivity contribution in [3.05, 3.63) is 0 Å². The molecule has 1 aliphatic rings. The molecule has 1 rings (SSSR count). The molecule has 0 bridgehead atoms. The van der Waals surface area contributed by atoms with Gasteiger partial charge in [-0.1, -0.05) is 39.0 Å². The van der Waals surface area contributed by atoms with Crippen LogP contribution >= 0.6 is 0 Å². The van der Waals surface area contributed by atoms with E-state index in [1.165, 1.54) is 51.4 Å². The Balaban J connectivity index is 2.08. The lowest BCUT2D eigenvalue weighted by molar-refractivity contribution is 0.277. The molecule has 0 aromatic carbocycles. The van der Waals surface area contributed by atoms with Gasteiger partial charge in [-0.15, -0.1) is 0 Å². The minimum Gasteiger partial charge on any atom is -0.396 e. The molecule has 0 saturated heterocycles. The first-order valence-electron chi connectivity index (χ1n) is 7.22. The Kier molecular flexibility index (Phi) is 7.87. The van der Waals surface area contributed by atoms with Crippen LogP contribution in [0.3, 0.4) is 0 Å². The zero-order valence-corrected chi connectivity index (χ0v) is 10.9. The van der Waals surface area contributed by atoms with Crippen LogP contribution in [0.25, 0.3) is 0 Å². The van der Waals surface area contributed by atoms with Gasteiger partial charge in [0.25, 0.3) is 0 Å². The highest BCUT2D eigenvalue weighted by molar-refractivity contribution is 4.82. The smallest absolute Gasteiger partial charge is 0.0443 e. The van der Waals surface area contributed by atoms with E-state index in [2.05, 4.69) is 12.2 Å². The molecular weight excluding hydrogens is 198 g/mol. The quantitative estimate of drug-likeness (QED) is 0.593.